The number of esters is 2. The first-order valence-corrected chi connectivity index (χ1v) is 7.23. The zero-order valence-electron chi connectivity index (χ0n) is 14.2. The number of amides is 1. The Hall–Kier alpha value is -3.00. The van der Waals surface area contributed by atoms with Gasteiger partial charge in [-0.25, -0.2) is 9.59 Å². The van der Waals surface area contributed by atoms with Crippen molar-refractivity contribution in [2.75, 3.05) is 26.2 Å². The molecule has 0 aliphatic carbocycles. The number of Topliss-reactive ketones (excluding diaryl/α,β-unsaturated/α-hetero) is 1. The van der Waals surface area contributed by atoms with Crippen LogP contribution in [0.5, 0.6) is 0 Å². The van der Waals surface area contributed by atoms with Crippen LogP contribution in [0, 0.1) is 0 Å². The molecule has 0 spiro atoms. The molecule has 1 amide bonds. The highest BCUT2D eigenvalue weighted by atomic mass is 16.5. The smallest absolute Gasteiger partial charge is 0.339 e. The molecule has 1 heterocycles. The summed E-state index contributed by atoms with van der Waals surface area (Å²) in [6.07, 6.45) is 0.787. The molecule has 0 bridgehead atoms. The van der Waals surface area contributed by atoms with Gasteiger partial charge < -0.3 is 14.2 Å². The van der Waals surface area contributed by atoms with Crippen molar-refractivity contribution >= 4 is 29.3 Å². The van der Waals surface area contributed by atoms with Gasteiger partial charge in [0, 0.05) is 25.7 Å². The fourth-order valence-electron chi connectivity index (χ4n) is 2.82. The molecule has 25 heavy (non-hydrogen) atoms. The van der Waals surface area contributed by atoms with Crippen molar-refractivity contribution in [3.8, 4) is 0 Å². The Morgan fingerprint density at radius 3 is 2.24 bits per heavy atom. The Balaban J connectivity index is 2.81. The molecule has 1 aromatic carbocycles. The van der Waals surface area contributed by atoms with Gasteiger partial charge >= 0.3 is 11.9 Å². The summed E-state index contributed by atoms with van der Waals surface area (Å²) in [6.45, 7) is 1.22. The highest BCUT2D eigenvalue weighted by Gasteiger charge is 2.59. The second-order valence-corrected chi connectivity index (χ2v) is 5.12. The Kier molecular flexibility index (Phi) is 5.03. The Morgan fingerprint density at radius 1 is 1.08 bits per heavy atom. The van der Waals surface area contributed by atoms with E-state index in [4.69, 9.17) is 4.74 Å². The van der Waals surface area contributed by atoms with Crippen LogP contribution in [-0.2, 0) is 28.6 Å². The predicted octanol–water partition coefficient (Wildman–Crippen LogP) is 0.851. The van der Waals surface area contributed by atoms with Gasteiger partial charge in [0.15, 0.2) is 0 Å². The van der Waals surface area contributed by atoms with Crippen molar-refractivity contribution < 1.29 is 33.4 Å². The Labute approximate surface area is 143 Å². The minimum absolute atomic E-state index is 0.180. The van der Waals surface area contributed by atoms with Crippen molar-refractivity contribution in [2.24, 2.45) is 0 Å². The maximum atomic E-state index is 13.1. The maximum Gasteiger partial charge on any atom is 0.339 e. The monoisotopic (exact) mass is 347 g/mol. The molecule has 0 radical (unpaired) electrons. The molecular formula is C17H17NO7. The third kappa shape index (κ3) is 2.70. The number of ketones is 1. The van der Waals surface area contributed by atoms with E-state index in [0.29, 0.717) is 0 Å². The summed E-state index contributed by atoms with van der Waals surface area (Å²) in [5, 5.41) is 0. The van der Waals surface area contributed by atoms with Crippen molar-refractivity contribution in [1.82, 2.24) is 0 Å². The number of benzene rings is 1. The van der Waals surface area contributed by atoms with E-state index in [0.717, 1.165) is 32.3 Å². The minimum atomic E-state index is -2.16. The van der Waals surface area contributed by atoms with Crippen molar-refractivity contribution in [3.05, 3.63) is 41.5 Å². The van der Waals surface area contributed by atoms with Gasteiger partial charge in [-0.1, -0.05) is 12.1 Å². The van der Waals surface area contributed by atoms with Crippen LogP contribution < -0.4 is 4.90 Å². The van der Waals surface area contributed by atoms with E-state index < -0.39 is 34.9 Å². The van der Waals surface area contributed by atoms with Crippen LogP contribution in [0.4, 0.5) is 5.69 Å². The number of hydrogen-bond donors (Lipinski definition) is 0. The number of nitrogens with zero attached hydrogens (tertiary/aromatic N) is 1. The lowest BCUT2D eigenvalue weighted by Gasteiger charge is -2.35. The van der Waals surface area contributed by atoms with E-state index in [1.807, 2.05) is 0 Å². The molecule has 8 nitrogen and oxygen atoms in total. The van der Waals surface area contributed by atoms with E-state index >= 15 is 0 Å². The zero-order valence-corrected chi connectivity index (χ0v) is 14.2. The highest BCUT2D eigenvalue weighted by Crippen LogP contribution is 2.43. The number of methoxy groups -OCH3 is 3. The summed E-state index contributed by atoms with van der Waals surface area (Å²) in [6, 6.07) is 6.29. The van der Waals surface area contributed by atoms with Gasteiger partial charge in [0.1, 0.15) is 5.57 Å². The predicted molar refractivity (Wildman–Crippen MR) is 85.8 cm³/mol. The van der Waals surface area contributed by atoms with Crippen LogP contribution in [0.3, 0.4) is 0 Å². The fourth-order valence-corrected chi connectivity index (χ4v) is 2.82. The molecule has 1 unspecified atom stereocenters. The van der Waals surface area contributed by atoms with Crippen molar-refractivity contribution in [3.63, 3.8) is 0 Å². The summed E-state index contributed by atoms with van der Waals surface area (Å²) in [7, 11) is 3.36. The fraction of sp³-hybridized carbons (Fsp3) is 0.294. The second kappa shape index (κ2) is 6.86. The molecule has 1 aliphatic rings. The van der Waals surface area contributed by atoms with Crippen LogP contribution in [0.25, 0.3) is 0 Å². The molecule has 0 fully saturated rings. The second-order valence-electron chi connectivity index (χ2n) is 5.12. The van der Waals surface area contributed by atoms with Crippen LogP contribution in [-0.4, -0.2) is 50.7 Å². The van der Waals surface area contributed by atoms with Crippen LogP contribution in [0.15, 0.2) is 35.9 Å². The summed E-state index contributed by atoms with van der Waals surface area (Å²) < 4.78 is 14.6. The normalized spacial score (nSPS) is 19.4. The van der Waals surface area contributed by atoms with Gasteiger partial charge in [0.05, 0.1) is 19.9 Å². The van der Waals surface area contributed by atoms with E-state index in [-0.39, 0.29) is 11.3 Å². The number of para-hydroxylation sites is 1. The van der Waals surface area contributed by atoms with Gasteiger partial charge in [-0.05, 0) is 12.1 Å². The first kappa shape index (κ1) is 18.3. The molecule has 1 aromatic rings. The third-order valence-corrected chi connectivity index (χ3v) is 3.86. The zero-order chi connectivity index (χ0) is 18.8. The minimum Gasteiger partial charge on any atom is -0.466 e. The van der Waals surface area contributed by atoms with Crippen molar-refractivity contribution in [2.45, 2.75) is 12.6 Å². The molecule has 1 atom stereocenters. The first-order valence-electron chi connectivity index (χ1n) is 7.23. The van der Waals surface area contributed by atoms with Gasteiger partial charge in [0.25, 0.3) is 0 Å². The van der Waals surface area contributed by atoms with Gasteiger partial charge in [-0.2, -0.15) is 0 Å². The average Bonchev–Trinajstić information content (AvgIpc) is 2.88. The van der Waals surface area contributed by atoms with E-state index in [2.05, 4.69) is 9.47 Å². The molecule has 0 saturated heterocycles. The Morgan fingerprint density at radius 2 is 1.72 bits per heavy atom. The number of hydrogen-bond acceptors (Lipinski definition) is 7. The summed E-state index contributed by atoms with van der Waals surface area (Å²) in [5.41, 5.74) is -2.17. The molecule has 8 heteroatoms. The molecule has 0 saturated carbocycles. The molecule has 0 aromatic heterocycles. The molecule has 132 valence electrons. The maximum absolute atomic E-state index is 13.1. The number of rotatable bonds is 4. The van der Waals surface area contributed by atoms with Crippen LogP contribution in [0.2, 0.25) is 0 Å². The summed E-state index contributed by atoms with van der Waals surface area (Å²) in [5.74, 6) is -3.12. The number of fused-ring (bicyclic) bond motifs is 1. The van der Waals surface area contributed by atoms with E-state index in [9.17, 15) is 19.2 Å². The number of carbonyl (C=O) groups excluding carboxylic acids is 4. The number of anilines is 1. The van der Waals surface area contributed by atoms with E-state index in [1.54, 1.807) is 18.2 Å². The number of ether oxygens (including phenoxy) is 3. The topological polar surface area (TPSA) is 99.2 Å². The largest absolute Gasteiger partial charge is 0.466 e. The van der Waals surface area contributed by atoms with Crippen LogP contribution in [0.1, 0.15) is 17.3 Å². The van der Waals surface area contributed by atoms with E-state index in [1.165, 1.54) is 13.0 Å². The molecule has 2 rings (SSSR count). The summed E-state index contributed by atoms with van der Waals surface area (Å²) >= 11 is 0. The average molecular weight is 347 g/mol. The number of carbonyl (C=O) groups is 4. The SMILES string of the molecule is COC(=O)/C=C(\C(=O)OC)C1(OC)C(=O)c2ccccc2N1C(C)=O. The van der Waals surface area contributed by atoms with Crippen molar-refractivity contribution in [1.29, 1.82) is 0 Å². The quantitative estimate of drug-likeness (QED) is 0.588. The molecule has 0 N–H and O–H groups in total. The van der Waals surface area contributed by atoms with Crippen LogP contribution >= 0.6 is 0 Å². The lowest BCUT2D eigenvalue weighted by Crippen LogP contribution is -2.57. The van der Waals surface area contributed by atoms with Gasteiger partial charge in [-0.15, -0.1) is 0 Å². The highest BCUT2D eigenvalue weighted by molar-refractivity contribution is 6.24. The Bertz CT molecular complexity index is 783. The van der Waals surface area contributed by atoms with Gasteiger partial charge in [0.2, 0.25) is 17.4 Å². The molecule has 1 aliphatic heterocycles. The van der Waals surface area contributed by atoms with Gasteiger partial charge in [-0.3, -0.25) is 14.5 Å². The summed E-state index contributed by atoms with van der Waals surface area (Å²) in [4.78, 5) is 50.4. The standard InChI is InChI=1S/C17H17NO7/c1-10(19)18-13-8-6-5-7-11(13)15(21)17(18,25-4)12(16(22)24-3)9-14(20)23-2/h5-9H,1-4H3/b12-9+. The lowest BCUT2D eigenvalue weighted by atomic mass is 9.95. The molecular weight excluding hydrogens is 330 g/mol. The third-order valence-electron chi connectivity index (χ3n) is 3.86. The first-order chi connectivity index (χ1) is 11.8. The lowest BCUT2D eigenvalue weighted by molar-refractivity contribution is -0.141.